The van der Waals surface area contributed by atoms with Gasteiger partial charge in [-0.2, -0.15) is 0 Å². The van der Waals surface area contributed by atoms with Crippen molar-refractivity contribution in [3.8, 4) is 0 Å². The Morgan fingerprint density at radius 1 is 1.42 bits per heavy atom. The van der Waals surface area contributed by atoms with Gasteiger partial charge in [0.2, 0.25) is 0 Å². The molecule has 1 aromatic heterocycles. The number of aryl methyl sites for hydroxylation is 2. The van der Waals surface area contributed by atoms with Crippen LogP contribution in [0.2, 0.25) is 0 Å². The van der Waals surface area contributed by atoms with Gasteiger partial charge in [-0.3, -0.25) is 4.79 Å². The van der Waals surface area contributed by atoms with Crippen LogP contribution >= 0.6 is 11.8 Å². The number of carbonyl (C=O) groups is 1. The van der Waals surface area contributed by atoms with Gasteiger partial charge in [0.1, 0.15) is 0 Å². The minimum atomic E-state index is -0.826. The van der Waals surface area contributed by atoms with Crippen molar-refractivity contribution in [1.82, 2.24) is 9.55 Å². The maximum Gasteiger partial charge on any atom is 0.313 e. The molecule has 19 heavy (non-hydrogen) atoms. The molecule has 0 unspecified atom stereocenters. The molecule has 1 N–H and O–H groups in total. The zero-order chi connectivity index (χ0) is 13.8. The molecule has 5 heteroatoms. The molecular formula is C14H16N2O2S. The summed E-state index contributed by atoms with van der Waals surface area (Å²) in [6.07, 6.45) is 1.78. The summed E-state index contributed by atoms with van der Waals surface area (Å²) in [5.41, 5.74) is 3.45. The third-order valence-electron chi connectivity index (χ3n) is 2.77. The van der Waals surface area contributed by atoms with E-state index in [2.05, 4.69) is 30.1 Å². The van der Waals surface area contributed by atoms with Crippen molar-refractivity contribution in [2.45, 2.75) is 25.5 Å². The third-order valence-corrected chi connectivity index (χ3v) is 3.74. The van der Waals surface area contributed by atoms with E-state index in [0.29, 0.717) is 0 Å². The highest BCUT2D eigenvalue weighted by atomic mass is 32.2. The largest absolute Gasteiger partial charge is 0.481 e. The van der Waals surface area contributed by atoms with Gasteiger partial charge < -0.3 is 9.67 Å². The van der Waals surface area contributed by atoms with Crippen LogP contribution in [-0.2, 0) is 11.3 Å². The smallest absolute Gasteiger partial charge is 0.313 e. The van der Waals surface area contributed by atoms with Gasteiger partial charge in [0, 0.05) is 18.4 Å². The van der Waals surface area contributed by atoms with Crippen LogP contribution in [0.5, 0.6) is 0 Å². The Hall–Kier alpha value is -1.75. The summed E-state index contributed by atoms with van der Waals surface area (Å²) >= 11 is 1.25. The summed E-state index contributed by atoms with van der Waals surface area (Å²) in [7, 11) is 0. The number of carboxylic acids is 1. The standard InChI is InChI=1S/C14H16N2O2S/c1-10-4-3-5-12(6-10)8-16-11(2)7-15-14(16)19-9-13(17)18/h3-7H,8-9H2,1-2H3,(H,17,18). The Morgan fingerprint density at radius 2 is 2.21 bits per heavy atom. The lowest BCUT2D eigenvalue weighted by atomic mass is 10.1. The van der Waals surface area contributed by atoms with Crippen LogP contribution in [0, 0.1) is 13.8 Å². The number of nitrogens with zero attached hydrogens (tertiary/aromatic N) is 2. The lowest BCUT2D eigenvalue weighted by Crippen LogP contribution is -2.06. The molecule has 100 valence electrons. The molecule has 2 rings (SSSR count). The van der Waals surface area contributed by atoms with E-state index < -0.39 is 5.97 Å². The topological polar surface area (TPSA) is 55.1 Å². The first-order chi connectivity index (χ1) is 9.06. The number of hydrogen-bond donors (Lipinski definition) is 1. The van der Waals surface area contributed by atoms with Gasteiger partial charge in [0.25, 0.3) is 0 Å². The van der Waals surface area contributed by atoms with Crippen molar-refractivity contribution < 1.29 is 9.90 Å². The van der Waals surface area contributed by atoms with E-state index in [1.165, 1.54) is 22.9 Å². The molecule has 0 radical (unpaired) electrons. The van der Waals surface area contributed by atoms with Crippen LogP contribution in [0.3, 0.4) is 0 Å². The third kappa shape index (κ3) is 3.61. The molecule has 1 aromatic carbocycles. The molecule has 0 aliphatic heterocycles. The van der Waals surface area contributed by atoms with E-state index >= 15 is 0 Å². The summed E-state index contributed by atoms with van der Waals surface area (Å²) in [5, 5.41) is 9.49. The quantitative estimate of drug-likeness (QED) is 0.853. The predicted octanol–water partition coefficient (Wildman–Crippen LogP) is 2.72. The van der Waals surface area contributed by atoms with E-state index in [0.717, 1.165) is 17.4 Å². The summed E-state index contributed by atoms with van der Waals surface area (Å²) < 4.78 is 2.04. The van der Waals surface area contributed by atoms with Crippen molar-refractivity contribution in [2.75, 3.05) is 5.75 Å². The van der Waals surface area contributed by atoms with Crippen molar-refractivity contribution in [3.05, 3.63) is 47.3 Å². The van der Waals surface area contributed by atoms with E-state index in [-0.39, 0.29) is 5.75 Å². The van der Waals surface area contributed by atoms with Gasteiger partial charge >= 0.3 is 5.97 Å². The first-order valence-electron chi connectivity index (χ1n) is 5.98. The average Bonchev–Trinajstić information content (AvgIpc) is 2.68. The van der Waals surface area contributed by atoms with E-state index in [4.69, 9.17) is 5.11 Å². The fraction of sp³-hybridized carbons (Fsp3) is 0.286. The summed E-state index contributed by atoms with van der Waals surface area (Å²) in [4.78, 5) is 14.9. The zero-order valence-corrected chi connectivity index (χ0v) is 11.8. The van der Waals surface area contributed by atoms with Crippen LogP contribution in [0.1, 0.15) is 16.8 Å². The Labute approximate surface area is 116 Å². The van der Waals surface area contributed by atoms with Gasteiger partial charge in [-0.1, -0.05) is 41.6 Å². The van der Waals surface area contributed by atoms with Crippen molar-refractivity contribution >= 4 is 17.7 Å². The van der Waals surface area contributed by atoms with Gasteiger partial charge in [0.15, 0.2) is 5.16 Å². The first kappa shape index (κ1) is 13.7. The van der Waals surface area contributed by atoms with Crippen LogP contribution in [0.4, 0.5) is 0 Å². The fourth-order valence-corrected chi connectivity index (χ4v) is 2.61. The summed E-state index contributed by atoms with van der Waals surface area (Å²) in [6, 6.07) is 8.29. The molecular weight excluding hydrogens is 260 g/mol. The lowest BCUT2D eigenvalue weighted by Gasteiger charge is -2.10. The maximum absolute atomic E-state index is 10.6. The van der Waals surface area contributed by atoms with Crippen LogP contribution < -0.4 is 0 Å². The molecule has 1 heterocycles. The second-order valence-corrected chi connectivity index (χ2v) is 5.38. The Bertz CT molecular complexity index is 593. The normalized spacial score (nSPS) is 10.6. The number of hydrogen-bond acceptors (Lipinski definition) is 3. The second-order valence-electron chi connectivity index (χ2n) is 4.44. The summed E-state index contributed by atoms with van der Waals surface area (Å²) in [6.45, 7) is 4.76. The Morgan fingerprint density at radius 3 is 2.89 bits per heavy atom. The minimum absolute atomic E-state index is 0.0320. The molecule has 2 aromatic rings. The highest BCUT2D eigenvalue weighted by molar-refractivity contribution is 7.99. The SMILES string of the molecule is Cc1cccc(Cn2c(C)cnc2SCC(=O)O)c1. The highest BCUT2D eigenvalue weighted by Gasteiger charge is 2.10. The van der Waals surface area contributed by atoms with Crippen molar-refractivity contribution in [1.29, 1.82) is 0 Å². The van der Waals surface area contributed by atoms with Crippen molar-refractivity contribution in [2.24, 2.45) is 0 Å². The number of carboxylic acid groups (broad SMARTS) is 1. The first-order valence-corrected chi connectivity index (χ1v) is 6.97. The predicted molar refractivity (Wildman–Crippen MR) is 75.6 cm³/mol. The number of thioether (sulfide) groups is 1. The van der Waals surface area contributed by atoms with Gasteiger partial charge in [-0.05, 0) is 19.4 Å². The molecule has 0 aliphatic rings. The molecule has 0 saturated carbocycles. The van der Waals surface area contributed by atoms with E-state index in [9.17, 15) is 4.79 Å². The van der Waals surface area contributed by atoms with Crippen LogP contribution in [0.15, 0.2) is 35.6 Å². The Balaban J connectivity index is 2.19. The Kier molecular flexibility index (Phi) is 4.27. The second kappa shape index (κ2) is 5.93. The van der Waals surface area contributed by atoms with Crippen molar-refractivity contribution in [3.63, 3.8) is 0 Å². The van der Waals surface area contributed by atoms with Gasteiger partial charge in [-0.15, -0.1) is 0 Å². The molecule has 4 nitrogen and oxygen atoms in total. The molecule has 0 atom stereocenters. The highest BCUT2D eigenvalue weighted by Crippen LogP contribution is 2.20. The molecule has 0 bridgehead atoms. The number of benzene rings is 1. The maximum atomic E-state index is 10.6. The molecule has 0 saturated heterocycles. The van der Waals surface area contributed by atoms with E-state index in [1.54, 1.807) is 6.20 Å². The van der Waals surface area contributed by atoms with Crippen LogP contribution in [-0.4, -0.2) is 26.4 Å². The molecule has 0 spiro atoms. The van der Waals surface area contributed by atoms with E-state index in [1.807, 2.05) is 17.6 Å². The number of rotatable bonds is 5. The lowest BCUT2D eigenvalue weighted by molar-refractivity contribution is -0.133. The fourth-order valence-electron chi connectivity index (χ4n) is 1.87. The zero-order valence-electron chi connectivity index (χ0n) is 11.0. The number of aromatic nitrogens is 2. The number of aliphatic carboxylic acids is 1. The number of imidazole rings is 1. The molecule has 0 aliphatic carbocycles. The molecule has 0 fully saturated rings. The average molecular weight is 276 g/mol. The molecule has 0 amide bonds. The monoisotopic (exact) mass is 276 g/mol. The minimum Gasteiger partial charge on any atom is -0.481 e. The van der Waals surface area contributed by atoms with Crippen LogP contribution in [0.25, 0.3) is 0 Å². The summed E-state index contributed by atoms with van der Waals surface area (Å²) in [5.74, 6) is -0.794. The van der Waals surface area contributed by atoms with Gasteiger partial charge in [-0.25, -0.2) is 4.98 Å². The van der Waals surface area contributed by atoms with Gasteiger partial charge in [0.05, 0.1) is 5.75 Å².